The third-order valence-electron chi connectivity index (χ3n) is 3.09. The Kier molecular flexibility index (Phi) is 6.99. The first-order chi connectivity index (χ1) is 8.61. The first kappa shape index (κ1) is 15.2. The number of rotatable bonds is 8. The largest absolute Gasteiger partial charge is 0.316 e. The fraction of sp³-hybridized carbons (Fsp3) is 0.625. The summed E-state index contributed by atoms with van der Waals surface area (Å²) in [6, 6.07) is 8.97. The molecule has 1 rings (SSSR count). The standard InChI is InChI=1S/C16H28N2/c1-14(2)13-18(4)11-5-6-15-7-9-16(10-8-15)12-17-3/h7-10,14,17H,5-6,11-13H2,1-4H3. The van der Waals surface area contributed by atoms with Gasteiger partial charge in [0.25, 0.3) is 0 Å². The minimum atomic E-state index is 0.760. The molecule has 18 heavy (non-hydrogen) atoms. The Balaban J connectivity index is 2.26. The highest BCUT2D eigenvalue weighted by atomic mass is 15.1. The third kappa shape index (κ3) is 6.18. The summed E-state index contributed by atoms with van der Waals surface area (Å²) in [5, 5.41) is 3.17. The topological polar surface area (TPSA) is 15.3 Å². The molecule has 0 aromatic heterocycles. The first-order valence-corrected chi connectivity index (χ1v) is 7.02. The molecular formula is C16H28N2. The lowest BCUT2D eigenvalue weighted by molar-refractivity contribution is 0.292. The van der Waals surface area contributed by atoms with Crippen LogP contribution in [0.2, 0.25) is 0 Å². The smallest absolute Gasteiger partial charge is 0.0202 e. The van der Waals surface area contributed by atoms with Gasteiger partial charge in [-0.25, -0.2) is 0 Å². The molecule has 0 saturated carbocycles. The molecule has 0 amide bonds. The summed E-state index contributed by atoms with van der Waals surface area (Å²) < 4.78 is 0. The Bertz CT molecular complexity index is 316. The summed E-state index contributed by atoms with van der Waals surface area (Å²) in [6.45, 7) is 7.89. The van der Waals surface area contributed by atoms with Gasteiger partial charge in [-0.1, -0.05) is 38.1 Å². The van der Waals surface area contributed by atoms with E-state index in [1.54, 1.807) is 0 Å². The molecule has 0 saturated heterocycles. The van der Waals surface area contributed by atoms with Gasteiger partial charge in [0, 0.05) is 13.1 Å². The minimum Gasteiger partial charge on any atom is -0.316 e. The summed E-state index contributed by atoms with van der Waals surface area (Å²) in [5.41, 5.74) is 2.81. The molecule has 0 radical (unpaired) electrons. The molecule has 0 fully saturated rings. The molecule has 1 aromatic carbocycles. The zero-order valence-corrected chi connectivity index (χ0v) is 12.4. The highest BCUT2D eigenvalue weighted by molar-refractivity contribution is 5.22. The SMILES string of the molecule is CNCc1ccc(CCCN(C)CC(C)C)cc1. The van der Waals surface area contributed by atoms with Crippen LogP contribution in [0, 0.1) is 5.92 Å². The van der Waals surface area contributed by atoms with Crippen molar-refractivity contribution in [3.8, 4) is 0 Å². The van der Waals surface area contributed by atoms with Gasteiger partial charge in [-0.3, -0.25) is 0 Å². The minimum absolute atomic E-state index is 0.760. The van der Waals surface area contributed by atoms with Crippen molar-refractivity contribution in [2.24, 2.45) is 5.92 Å². The fourth-order valence-electron chi connectivity index (χ4n) is 2.30. The molecule has 0 spiro atoms. The zero-order valence-electron chi connectivity index (χ0n) is 12.4. The first-order valence-electron chi connectivity index (χ1n) is 7.02. The van der Waals surface area contributed by atoms with Crippen LogP contribution in [0.1, 0.15) is 31.4 Å². The molecule has 0 bridgehead atoms. The predicted molar refractivity (Wildman–Crippen MR) is 79.9 cm³/mol. The number of aryl methyl sites for hydroxylation is 1. The molecule has 0 unspecified atom stereocenters. The second-order valence-electron chi connectivity index (χ2n) is 5.61. The molecule has 0 heterocycles. The van der Waals surface area contributed by atoms with Gasteiger partial charge in [-0.15, -0.1) is 0 Å². The van der Waals surface area contributed by atoms with Crippen LogP contribution in [0.25, 0.3) is 0 Å². The molecule has 1 N–H and O–H groups in total. The van der Waals surface area contributed by atoms with Gasteiger partial charge in [-0.05, 0) is 50.5 Å². The van der Waals surface area contributed by atoms with Crippen LogP contribution < -0.4 is 5.32 Å². The number of nitrogens with one attached hydrogen (secondary N) is 1. The average molecular weight is 248 g/mol. The average Bonchev–Trinajstić information content (AvgIpc) is 2.31. The van der Waals surface area contributed by atoms with E-state index in [4.69, 9.17) is 0 Å². The highest BCUT2D eigenvalue weighted by Gasteiger charge is 2.01. The third-order valence-corrected chi connectivity index (χ3v) is 3.09. The lowest BCUT2D eigenvalue weighted by Gasteiger charge is -2.18. The van der Waals surface area contributed by atoms with Gasteiger partial charge < -0.3 is 10.2 Å². The van der Waals surface area contributed by atoms with Crippen molar-refractivity contribution >= 4 is 0 Å². The van der Waals surface area contributed by atoms with Gasteiger partial charge in [0.2, 0.25) is 0 Å². The van der Waals surface area contributed by atoms with E-state index < -0.39 is 0 Å². The van der Waals surface area contributed by atoms with Crippen LogP contribution in [0.4, 0.5) is 0 Å². The van der Waals surface area contributed by atoms with Crippen molar-refractivity contribution in [1.29, 1.82) is 0 Å². The van der Waals surface area contributed by atoms with Crippen LogP contribution in [0.5, 0.6) is 0 Å². The summed E-state index contributed by atoms with van der Waals surface area (Å²) in [7, 11) is 4.20. The van der Waals surface area contributed by atoms with Gasteiger partial charge in [0.15, 0.2) is 0 Å². The molecule has 0 aliphatic rings. The lowest BCUT2D eigenvalue weighted by Crippen LogP contribution is -2.24. The van der Waals surface area contributed by atoms with E-state index in [2.05, 4.69) is 55.4 Å². The van der Waals surface area contributed by atoms with Crippen LogP contribution in [-0.4, -0.2) is 32.1 Å². The Morgan fingerprint density at radius 1 is 1.11 bits per heavy atom. The Hall–Kier alpha value is -0.860. The molecule has 102 valence electrons. The van der Waals surface area contributed by atoms with Crippen LogP contribution in [0.3, 0.4) is 0 Å². The quantitative estimate of drug-likeness (QED) is 0.761. The van der Waals surface area contributed by atoms with Crippen molar-refractivity contribution in [2.45, 2.75) is 33.2 Å². The molecule has 2 nitrogen and oxygen atoms in total. The molecule has 1 aromatic rings. The Morgan fingerprint density at radius 2 is 1.72 bits per heavy atom. The van der Waals surface area contributed by atoms with Crippen LogP contribution in [-0.2, 0) is 13.0 Å². The second-order valence-corrected chi connectivity index (χ2v) is 5.61. The van der Waals surface area contributed by atoms with Crippen molar-refractivity contribution < 1.29 is 0 Å². The van der Waals surface area contributed by atoms with E-state index in [9.17, 15) is 0 Å². The second kappa shape index (κ2) is 8.28. The van der Waals surface area contributed by atoms with Gasteiger partial charge in [0.1, 0.15) is 0 Å². The van der Waals surface area contributed by atoms with Crippen molar-refractivity contribution in [3.63, 3.8) is 0 Å². The summed E-state index contributed by atoms with van der Waals surface area (Å²) in [4.78, 5) is 2.43. The molecule has 0 aliphatic heterocycles. The highest BCUT2D eigenvalue weighted by Crippen LogP contribution is 2.07. The Labute approximate surface area is 112 Å². The van der Waals surface area contributed by atoms with Gasteiger partial charge in [0.05, 0.1) is 0 Å². The number of hydrogen-bond acceptors (Lipinski definition) is 2. The van der Waals surface area contributed by atoms with E-state index in [1.165, 1.54) is 37.1 Å². The van der Waals surface area contributed by atoms with Gasteiger partial charge >= 0.3 is 0 Å². The van der Waals surface area contributed by atoms with E-state index in [0.29, 0.717) is 0 Å². The maximum Gasteiger partial charge on any atom is 0.0202 e. The molecular weight excluding hydrogens is 220 g/mol. The molecule has 0 aliphatic carbocycles. The monoisotopic (exact) mass is 248 g/mol. The number of hydrogen-bond donors (Lipinski definition) is 1. The van der Waals surface area contributed by atoms with E-state index >= 15 is 0 Å². The summed E-state index contributed by atoms with van der Waals surface area (Å²) in [5.74, 6) is 0.760. The number of nitrogens with zero attached hydrogens (tertiary/aromatic N) is 1. The molecule has 0 atom stereocenters. The van der Waals surface area contributed by atoms with E-state index in [1.807, 2.05) is 7.05 Å². The predicted octanol–water partition coefficient (Wildman–Crippen LogP) is 2.93. The van der Waals surface area contributed by atoms with Crippen molar-refractivity contribution in [3.05, 3.63) is 35.4 Å². The normalized spacial score (nSPS) is 11.4. The summed E-state index contributed by atoms with van der Waals surface area (Å²) >= 11 is 0. The zero-order chi connectivity index (χ0) is 13.4. The van der Waals surface area contributed by atoms with Crippen molar-refractivity contribution in [1.82, 2.24) is 10.2 Å². The van der Waals surface area contributed by atoms with Gasteiger partial charge in [-0.2, -0.15) is 0 Å². The van der Waals surface area contributed by atoms with Crippen molar-refractivity contribution in [2.75, 3.05) is 27.2 Å². The molecule has 2 heteroatoms. The van der Waals surface area contributed by atoms with E-state index in [-0.39, 0.29) is 0 Å². The number of benzene rings is 1. The maximum atomic E-state index is 3.17. The van der Waals surface area contributed by atoms with Crippen LogP contribution >= 0.6 is 0 Å². The van der Waals surface area contributed by atoms with E-state index in [0.717, 1.165) is 12.5 Å². The van der Waals surface area contributed by atoms with Crippen LogP contribution in [0.15, 0.2) is 24.3 Å². The maximum absolute atomic E-state index is 3.17. The lowest BCUT2D eigenvalue weighted by atomic mass is 10.1. The Morgan fingerprint density at radius 3 is 2.28 bits per heavy atom. The fourth-order valence-corrected chi connectivity index (χ4v) is 2.30. The summed E-state index contributed by atoms with van der Waals surface area (Å²) in [6.07, 6.45) is 2.43.